The third kappa shape index (κ3) is 6.99. The van der Waals surface area contributed by atoms with Crippen LogP contribution in [-0.2, 0) is 17.8 Å². The van der Waals surface area contributed by atoms with Crippen LogP contribution < -0.4 is 20.1 Å². The summed E-state index contributed by atoms with van der Waals surface area (Å²) in [4.78, 5) is 20.3. The number of rotatable bonds is 12. The van der Waals surface area contributed by atoms with Crippen molar-refractivity contribution in [1.82, 2.24) is 15.3 Å². The van der Waals surface area contributed by atoms with Crippen LogP contribution in [0.1, 0.15) is 30.3 Å². The number of nitrogens with zero attached hydrogens (tertiary/aromatic N) is 1. The minimum atomic E-state index is -0.271. The van der Waals surface area contributed by atoms with Gasteiger partial charge in [-0.25, -0.2) is 4.98 Å². The van der Waals surface area contributed by atoms with Gasteiger partial charge >= 0.3 is 0 Å². The molecule has 0 radical (unpaired) electrons. The number of aromatic nitrogens is 2. The van der Waals surface area contributed by atoms with Crippen LogP contribution in [0.5, 0.6) is 11.5 Å². The lowest BCUT2D eigenvalue weighted by atomic mass is 10.2. The van der Waals surface area contributed by atoms with Gasteiger partial charge in [0.2, 0.25) is 0 Å². The fraction of sp³-hybridized carbons (Fsp3) is 0.286. The molecule has 188 valence electrons. The third-order valence-electron chi connectivity index (χ3n) is 5.59. The Balaban J connectivity index is 1.28. The third-order valence-corrected chi connectivity index (χ3v) is 5.87. The van der Waals surface area contributed by atoms with Crippen molar-refractivity contribution in [3.05, 3.63) is 82.6 Å². The van der Waals surface area contributed by atoms with Gasteiger partial charge in [0.25, 0.3) is 5.91 Å². The van der Waals surface area contributed by atoms with Crippen LogP contribution in [0.25, 0.3) is 11.0 Å². The number of hydrogen-bond acceptors (Lipinski definition) is 5. The number of nitrogens with one attached hydrogen (secondary N) is 3. The van der Waals surface area contributed by atoms with Crippen LogP contribution in [0.15, 0.2) is 60.7 Å². The number of fused-ring (bicyclic) bond motifs is 1. The maximum absolute atomic E-state index is 12.3. The first-order valence-corrected chi connectivity index (χ1v) is 12.5. The van der Waals surface area contributed by atoms with Gasteiger partial charge in [-0.05, 0) is 68.8 Å². The Labute approximate surface area is 216 Å². The summed E-state index contributed by atoms with van der Waals surface area (Å²) in [5.74, 6) is 1.61. The molecule has 3 aromatic carbocycles. The average Bonchev–Trinajstić information content (AvgIpc) is 3.28. The zero-order valence-corrected chi connectivity index (χ0v) is 21.3. The molecule has 7 nitrogen and oxygen atoms in total. The highest BCUT2D eigenvalue weighted by Gasteiger charge is 2.15. The van der Waals surface area contributed by atoms with Crippen LogP contribution in [0, 0.1) is 6.92 Å². The molecule has 0 fully saturated rings. The monoisotopic (exact) mass is 506 g/mol. The Morgan fingerprint density at radius 2 is 1.89 bits per heavy atom. The summed E-state index contributed by atoms with van der Waals surface area (Å²) in [6.45, 7) is 5.63. The normalized spacial score (nSPS) is 11.0. The number of anilines is 1. The minimum Gasteiger partial charge on any atom is -0.490 e. The van der Waals surface area contributed by atoms with E-state index in [1.165, 1.54) is 0 Å². The number of amides is 1. The largest absolute Gasteiger partial charge is 0.490 e. The summed E-state index contributed by atoms with van der Waals surface area (Å²) in [5, 5.41) is 6.66. The number of carbonyl (C=O) groups is 1. The van der Waals surface area contributed by atoms with Crippen molar-refractivity contribution < 1.29 is 14.3 Å². The second-order valence-electron chi connectivity index (χ2n) is 8.52. The molecule has 0 aliphatic carbocycles. The zero-order chi connectivity index (χ0) is 25.3. The predicted octanol–water partition coefficient (Wildman–Crippen LogP) is 5.66. The first-order valence-electron chi connectivity index (χ1n) is 12.1. The number of hydrogen-bond donors (Lipinski definition) is 3. The first kappa shape index (κ1) is 25.5. The number of halogens is 1. The van der Waals surface area contributed by atoms with Gasteiger partial charge in [0.1, 0.15) is 5.82 Å². The number of para-hydroxylation sites is 2. The Morgan fingerprint density at radius 1 is 1.08 bits per heavy atom. The van der Waals surface area contributed by atoms with E-state index in [2.05, 4.69) is 20.6 Å². The van der Waals surface area contributed by atoms with Crippen LogP contribution in [0.2, 0.25) is 5.02 Å². The number of aromatic amines is 1. The summed E-state index contributed by atoms with van der Waals surface area (Å²) >= 11 is 6.51. The van der Waals surface area contributed by atoms with Crippen molar-refractivity contribution in [1.29, 1.82) is 0 Å². The molecule has 1 heterocycles. The molecule has 0 saturated heterocycles. The maximum atomic E-state index is 12.3. The Bertz CT molecular complexity index is 1270. The van der Waals surface area contributed by atoms with Crippen molar-refractivity contribution >= 4 is 34.2 Å². The average molecular weight is 507 g/mol. The van der Waals surface area contributed by atoms with E-state index in [0.29, 0.717) is 35.4 Å². The molecule has 0 aliphatic rings. The summed E-state index contributed by atoms with van der Waals surface area (Å²) < 4.78 is 11.5. The molecule has 0 atom stereocenters. The molecule has 0 aliphatic heterocycles. The van der Waals surface area contributed by atoms with Gasteiger partial charge in [-0.2, -0.15) is 0 Å². The number of carbonyl (C=O) groups excluding carboxylic acids is 1. The smallest absolute Gasteiger partial charge is 0.262 e. The van der Waals surface area contributed by atoms with Crippen molar-refractivity contribution in [3.8, 4) is 11.5 Å². The summed E-state index contributed by atoms with van der Waals surface area (Å²) in [6, 6.07) is 19.4. The second-order valence-corrected chi connectivity index (χ2v) is 8.93. The molecule has 4 aromatic rings. The van der Waals surface area contributed by atoms with Crippen LogP contribution in [0.3, 0.4) is 0 Å². The number of benzene rings is 3. The SMILES string of the molecule is CCOc1cc(CNCCCc2nc3ccccc3[nH]2)cc(Cl)c1OCC(=O)Nc1ccc(C)cc1. The highest BCUT2D eigenvalue weighted by Crippen LogP contribution is 2.36. The standard InChI is InChI=1S/C28H31ClN4O3/c1-3-35-25-16-20(17-30-14-6-9-26-32-23-7-4-5-8-24(23)33-26)15-22(29)28(25)36-18-27(34)31-21-12-10-19(2)11-13-21/h4-5,7-8,10-13,15-16,30H,3,6,9,14,17-18H2,1-2H3,(H,31,34)(H,32,33). The predicted molar refractivity (Wildman–Crippen MR) is 144 cm³/mol. The summed E-state index contributed by atoms with van der Waals surface area (Å²) in [5.41, 5.74) is 4.87. The number of aryl methyl sites for hydroxylation is 2. The quantitative estimate of drug-likeness (QED) is 0.216. The van der Waals surface area contributed by atoms with Crippen molar-refractivity contribution in [3.63, 3.8) is 0 Å². The van der Waals surface area contributed by atoms with Gasteiger partial charge in [-0.3, -0.25) is 4.79 Å². The first-order chi connectivity index (χ1) is 17.5. The van der Waals surface area contributed by atoms with E-state index >= 15 is 0 Å². The van der Waals surface area contributed by atoms with E-state index < -0.39 is 0 Å². The Morgan fingerprint density at radius 3 is 2.67 bits per heavy atom. The number of H-pyrrole nitrogens is 1. The number of ether oxygens (including phenoxy) is 2. The molecular formula is C28H31ClN4O3. The van der Waals surface area contributed by atoms with Crippen molar-refractivity contribution in [2.45, 2.75) is 33.2 Å². The fourth-order valence-corrected chi connectivity index (χ4v) is 4.12. The van der Waals surface area contributed by atoms with Crippen molar-refractivity contribution in [2.75, 3.05) is 25.1 Å². The summed E-state index contributed by atoms with van der Waals surface area (Å²) in [6.07, 6.45) is 1.81. The van der Waals surface area contributed by atoms with E-state index in [4.69, 9.17) is 21.1 Å². The molecule has 0 bridgehead atoms. The molecule has 0 spiro atoms. The Hall–Kier alpha value is -3.55. The Kier molecular flexibility index (Phi) is 8.81. The van der Waals surface area contributed by atoms with E-state index in [-0.39, 0.29) is 12.5 Å². The van der Waals surface area contributed by atoms with Gasteiger partial charge in [0, 0.05) is 18.7 Å². The van der Waals surface area contributed by atoms with Gasteiger partial charge in [0.15, 0.2) is 18.1 Å². The molecule has 1 amide bonds. The second kappa shape index (κ2) is 12.4. The molecule has 8 heteroatoms. The highest BCUT2D eigenvalue weighted by molar-refractivity contribution is 6.32. The van der Waals surface area contributed by atoms with Gasteiger partial charge in [0.05, 0.1) is 22.7 Å². The van der Waals surface area contributed by atoms with Crippen LogP contribution in [0.4, 0.5) is 5.69 Å². The molecule has 0 saturated carbocycles. The topological polar surface area (TPSA) is 88.3 Å². The van der Waals surface area contributed by atoms with Gasteiger partial charge in [-0.15, -0.1) is 0 Å². The molecule has 36 heavy (non-hydrogen) atoms. The van der Waals surface area contributed by atoms with Crippen LogP contribution >= 0.6 is 11.6 Å². The van der Waals surface area contributed by atoms with Gasteiger partial charge in [-0.1, -0.05) is 41.4 Å². The molecule has 0 unspecified atom stereocenters. The molecular weight excluding hydrogens is 476 g/mol. The van der Waals surface area contributed by atoms with Crippen molar-refractivity contribution in [2.24, 2.45) is 0 Å². The summed E-state index contributed by atoms with van der Waals surface area (Å²) in [7, 11) is 0. The van der Waals surface area contributed by atoms with E-state index in [1.54, 1.807) is 0 Å². The lowest BCUT2D eigenvalue weighted by molar-refractivity contribution is -0.118. The number of imidazole rings is 1. The molecule has 1 aromatic heterocycles. The minimum absolute atomic E-state index is 0.174. The van der Waals surface area contributed by atoms with Crippen LogP contribution in [-0.4, -0.2) is 35.6 Å². The van der Waals surface area contributed by atoms with E-state index in [1.807, 2.05) is 74.5 Å². The molecule has 3 N–H and O–H groups in total. The zero-order valence-electron chi connectivity index (χ0n) is 20.6. The maximum Gasteiger partial charge on any atom is 0.262 e. The fourth-order valence-electron chi connectivity index (χ4n) is 3.84. The van der Waals surface area contributed by atoms with Gasteiger partial charge < -0.3 is 25.1 Å². The van der Waals surface area contributed by atoms with E-state index in [9.17, 15) is 4.79 Å². The van der Waals surface area contributed by atoms with E-state index in [0.717, 1.165) is 47.4 Å². The molecule has 4 rings (SSSR count). The lowest BCUT2D eigenvalue weighted by Gasteiger charge is -2.15. The highest BCUT2D eigenvalue weighted by atomic mass is 35.5. The lowest BCUT2D eigenvalue weighted by Crippen LogP contribution is -2.20.